The second-order valence-corrected chi connectivity index (χ2v) is 5.76. The number of hydrogen-bond acceptors (Lipinski definition) is 5. The van der Waals surface area contributed by atoms with Gasteiger partial charge in [-0.25, -0.2) is 0 Å². The molecule has 0 radical (unpaired) electrons. The van der Waals surface area contributed by atoms with E-state index in [-0.39, 0.29) is 24.2 Å². The van der Waals surface area contributed by atoms with Crippen LogP contribution in [0.5, 0.6) is 11.5 Å². The molecule has 7 nitrogen and oxygen atoms in total. The van der Waals surface area contributed by atoms with Gasteiger partial charge in [0, 0.05) is 32.6 Å². The fourth-order valence-electron chi connectivity index (χ4n) is 2.80. The molecule has 1 aliphatic rings. The SMILES string of the molecule is COc1ccc(CCN2CC(C(=O)NCCN)CC2=O)cc1OC. The summed E-state index contributed by atoms with van der Waals surface area (Å²) in [7, 11) is 3.19. The van der Waals surface area contributed by atoms with Crippen LogP contribution in [-0.2, 0) is 16.0 Å². The van der Waals surface area contributed by atoms with Gasteiger partial charge >= 0.3 is 0 Å². The van der Waals surface area contributed by atoms with E-state index in [2.05, 4.69) is 5.32 Å². The van der Waals surface area contributed by atoms with E-state index < -0.39 is 0 Å². The molecule has 0 bridgehead atoms. The van der Waals surface area contributed by atoms with Gasteiger partial charge in [-0.2, -0.15) is 0 Å². The number of nitrogens with two attached hydrogens (primary N) is 1. The number of ether oxygens (including phenoxy) is 2. The van der Waals surface area contributed by atoms with Crippen molar-refractivity contribution in [3.8, 4) is 11.5 Å². The van der Waals surface area contributed by atoms with Crippen LogP contribution in [0, 0.1) is 5.92 Å². The fraction of sp³-hybridized carbons (Fsp3) is 0.529. The van der Waals surface area contributed by atoms with Gasteiger partial charge in [-0.05, 0) is 24.1 Å². The van der Waals surface area contributed by atoms with Crippen LogP contribution < -0.4 is 20.5 Å². The molecule has 0 aromatic heterocycles. The second kappa shape index (κ2) is 8.54. The van der Waals surface area contributed by atoms with E-state index in [4.69, 9.17) is 15.2 Å². The summed E-state index contributed by atoms with van der Waals surface area (Å²) >= 11 is 0. The third-order valence-electron chi connectivity index (χ3n) is 4.15. The lowest BCUT2D eigenvalue weighted by atomic mass is 10.1. The van der Waals surface area contributed by atoms with Crippen molar-refractivity contribution in [3.63, 3.8) is 0 Å². The molecule has 1 unspecified atom stereocenters. The van der Waals surface area contributed by atoms with Gasteiger partial charge in [0.25, 0.3) is 0 Å². The summed E-state index contributed by atoms with van der Waals surface area (Å²) in [4.78, 5) is 25.8. The van der Waals surface area contributed by atoms with Crippen molar-refractivity contribution in [1.29, 1.82) is 0 Å². The summed E-state index contributed by atoms with van der Waals surface area (Å²) in [5.41, 5.74) is 6.43. The lowest BCUT2D eigenvalue weighted by molar-refractivity contribution is -0.129. The van der Waals surface area contributed by atoms with E-state index >= 15 is 0 Å². The van der Waals surface area contributed by atoms with Crippen molar-refractivity contribution in [2.24, 2.45) is 11.7 Å². The van der Waals surface area contributed by atoms with Crippen LogP contribution in [-0.4, -0.2) is 57.1 Å². The van der Waals surface area contributed by atoms with E-state index in [1.807, 2.05) is 18.2 Å². The lowest BCUT2D eigenvalue weighted by Gasteiger charge is -2.17. The second-order valence-electron chi connectivity index (χ2n) is 5.76. The molecule has 3 N–H and O–H groups in total. The highest BCUT2D eigenvalue weighted by molar-refractivity contribution is 5.89. The number of rotatable bonds is 8. The van der Waals surface area contributed by atoms with Crippen LogP contribution in [0.4, 0.5) is 0 Å². The molecule has 2 rings (SSSR count). The number of amides is 2. The van der Waals surface area contributed by atoms with Crippen molar-refractivity contribution in [1.82, 2.24) is 10.2 Å². The molecule has 0 spiro atoms. The van der Waals surface area contributed by atoms with Crippen molar-refractivity contribution in [2.45, 2.75) is 12.8 Å². The molecule has 1 aliphatic heterocycles. The van der Waals surface area contributed by atoms with Crippen molar-refractivity contribution < 1.29 is 19.1 Å². The Kier molecular flexibility index (Phi) is 6.43. The molecule has 0 aliphatic carbocycles. The third-order valence-corrected chi connectivity index (χ3v) is 4.15. The number of carbonyl (C=O) groups excluding carboxylic acids is 2. The topological polar surface area (TPSA) is 93.9 Å². The van der Waals surface area contributed by atoms with E-state index in [0.717, 1.165) is 5.56 Å². The summed E-state index contributed by atoms with van der Waals surface area (Å²) < 4.78 is 10.5. The van der Waals surface area contributed by atoms with Gasteiger partial charge in [-0.15, -0.1) is 0 Å². The van der Waals surface area contributed by atoms with E-state index in [0.29, 0.717) is 44.1 Å². The molecule has 0 saturated carbocycles. The number of hydrogen-bond donors (Lipinski definition) is 2. The molecule has 24 heavy (non-hydrogen) atoms. The van der Waals surface area contributed by atoms with Crippen LogP contribution in [0.3, 0.4) is 0 Å². The quantitative estimate of drug-likeness (QED) is 0.706. The number of carbonyl (C=O) groups is 2. The first-order valence-electron chi connectivity index (χ1n) is 8.05. The standard InChI is InChI=1S/C17H25N3O4/c1-23-14-4-3-12(9-15(14)24-2)5-8-20-11-13(10-16(20)21)17(22)19-7-6-18/h3-4,9,13H,5-8,10-11,18H2,1-2H3,(H,19,22). The number of nitrogens with one attached hydrogen (secondary N) is 1. The molecule has 1 heterocycles. The van der Waals surface area contributed by atoms with E-state index in [1.165, 1.54) is 0 Å². The fourth-order valence-corrected chi connectivity index (χ4v) is 2.80. The van der Waals surface area contributed by atoms with Gasteiger partial charge in [0.2, 0.25) is 11.8 Å². The van der Waals surface area contributed by atoms with Crippen molar-refractivity contribution >= 4 is 11.8 Å². The van der Waals surface area contributed by atoms with Gasteiger partial charge < -0.3 is 25.4 Å². The van der Waals surface area contributed by atoms with Crippen LogP contribution in [0.1, 0.15) is 12.0 Å². The Balaban J connectivity index is 1.90. The maximum atomic E-state index is 12.1. The summed E-state index contributed by atoms with van der Waals surface area (Å²) in [6.07, 6.45) is 0.964. The maximum Gasteiger partial charge on any atom is 0.225 e. The first-order valence-corrected chi connectivity index (χ1v) is 8.05. The van der Waals surface area contributed by atoms with Gasteiger partial charge in [-0.3, -0.25) is 9.59 Å². The minimum absolute atomic E-state index is 0.0170. The van der Waals surface area contributed by atoms with Gasteiger partial charge in [0.1, 0.15) is 0 Å². The van der Waals surface area contributed by atoms with Crippen LogP contribution >= 0.6 is 0 Å². The average Bonchev–Trinajstić information content (AvgIpc) is 2.98. The highest BCUT2D eigenvalue weighted by Gasteiger charge is 2.33. The predicted octanol–water partition coefficient (Wildman–Crippen LogP) is 0.170. The zero-order valence-electron chi connectivity index (χ0n) is 14.2. The Morgan fingerprint density at radius 3 is 2.75 bits per heavy atom. The summed E-state index contributed by atoms with van der Waals surface area (Å²) in [6, 6.07) is 5.71. The third kappa shape index (κ3) is 4.38. The van der Waals surface area contributed by atoms with Gasteiger partial charge in [-0.1, -0.05) is 6.07 Å². The molecule has 1 saturated heterocycles. The van der Waals surface area contributed by atoms with Crippen LogP contribution in [0.25, 0.3) is 0 Å². The van der Waals surface area contributed by atoms with Crippen molar-refractivity contribution in [2.75, 3.05) is 40.4 Å². The summed E-state index contributed by atoms with van der Waals surface area (Å²) in [5, 5.41) is 2.74. The van der Waals surface area contributed by atoms with E-state index in [1.54, 1.807) is 19.1 Å². The summed E-state index contributed by atoms with van der Waals surface area (Å²) in [5.74, 6) is 0.983. The monoisotopic (exact) mass is 335 g/mol. The number of benzene rings is 1. The van der Waals surface area contributed by atoms with Crippen LogP contribution in [0.2, 0.25) is 0 Å². The molecule has 1 aromatic carbocycles. The molecule has 7 heteroatoms. The Bertz CT molecular complexity index is 591. The zero-order chi connectivity index (χ0) is 17.5. The smallest absolute Gasteiger partial charge is 0.225 e. The Hall–Kier alpha value is -2.28. The first-order chi connectivity index (χ1) is 11.6. The molecule has 2 amide bonds. The minimum Gasteiger partial charge on any atom is -0.493 e. The zero-order valence-corrected chi connectivity index (χ0v) is 14.2. The maximum absolute atomic E-state index is 12.1. The van der Waals surface area contributed by atoms with Crippen molar-refractivity contribution in [3.05, 3.63) is 23.8 Å². The highest BCUT2D eigenvalue weighted by atomic mass is 16.5. The van der Waals surface area contributed by atoms with Crippen LogP contribution in [0.15, 0.2) is 18.2 Å². The molecule has 1 aromatic rings. The lowest BCUT2D eigenvalue weighted by Crippen LogP contribution is -2.36. The molecule has 132 valence electrons. The predicted molar refractivity (Wildman–Crippen MR) is 90.0 cm³/mol. The molecule has 1 atom stereocenters. The average molecular weight is 335 g/mol. The number of methoxy groups -OCH3 is 2. The number of nitrogens with zero attached hydrogens (tertiary/aromatic N) is 1. The molecular weight excluding hydrogens is 310 g/mol. The van der Waals surface area contributed by atoms with E-state index in [9.17, 15) is 9.59 Å². The van der Waals surface area contributed by atoms with Gasteiger partial charge in [0.15, 0.2) is 11.5 Å². The highest BCUT2D eigenvalue weighted by Crippen LogP contribution is 2.28. The molecular formula is C17H25N3O4. The Morgan fingerprint density at radius 2 is 2.08 bits per heavy atom. The normalized spacial score (nSPS) is 17.0. The Labute approximate surface area is 142 Å². The Morgan fingerprint density at radius 1 is 1.33 bits per heavy atom. The summed E-state index contributed by atoms with van der Waals surface area (Å²) in [6.45, 7) is 1.88. The van der Waals surface area contributed by atoms with Gasteiger partial charge in [0.05, 0.1) is 20.1 Å². The minimum atomic E-state index is -0.283. The largest absolute Gasteiger partial charge is 0.493 e. The molecule has 1 fully saturated rings. The first kappa shape index (κ1) is 18.1. The number of likely N-dealkylation sites (tertiary alicyclic amines) is 1.